The topological polar surface area (TPSA) is 52.5 Å². The minimum atomic E-state index is -0.0187. The lowest BCUT2D eigenvalue weighted by molar-refractivity contribution is 0.160. The summed E-state index contributed by atoms with van der Waals surface area (Å²) in [6.45, 7) is 1.28. The van der Waals surface area contributed by atoms with Crippen molar-refractivity contribution in [3.63, 3.8) is 0 Å². The van der Waals surface area contributed by atoms with Crippen molar-refractivity contribution in [1.29, 1.82) is 0 Å². The highest BCUT2D eigenvalue weighted by Gasteiger charge is 2.31. The molecule has 3 N–H and O–H groups in total. The van der Waals surface area contributed by atoms with Crippen molar-refractivity contribution in [2.24, 2.45) is 0 Å². The Balaban J connectivity index is 2.24. The maximum Gasteiger partial charge on any atom is 0.0613 e. The molecule has 1 aliphatic rings. The zero-order valence-electron chi connectivity index (χ0n) is 7.55. The molecule has 0 aromatic carbocycles. The molecule has 12 heavy (non-hydrogen) atoms. The first-order valence-electron chi connectivity index (χ1n) is 4.80. The number of rotatable bonds is 5. The highest BCUT2D eigenvalue weighted by molar-refractivity contribution is 4.91. The van der Waals surface area contributed by atoms with E-state index in [-0.39, 0.29) is 18.8 Å². The van der Waals surface area contributed by atoms with Gasteiger partial charge in [-0.1, -0.05) is 12.8 Å². The highest BCUT2D eigenvalue weighted by atomic mass is 16.3. The summed E-state index contributed by atoms with van der Waals surface area (Å²) in [6, 6.07) is 0. The van der Waals surface area contributed by atoms with Crippen LogP contribution in [0.5, 0.6) is 0 Å². The van der Waals surface area contributed by atoms with E-state index in [9.17, 15) is 5.11 Å². The summed E-state index contributed by atoms with van der Waals surface area (Å²) >= 11 is 0. The second kappa shape index (κ2) is 4.80. The van der Waals surface area contributed by atoms with Crippen LogP contribution in [0.4, 0.5) is 0 Å². The normalized spacial score (nSPS) is 21.5. The van der Waals surface area contributed by atoms with Gasteiger partial charge in [0, 0.05) is 12.1 Å². The van der Waals surface area contributed by atoms with Crippen LogP contribution < -0.4 is 5.32 Å². The smallest absolute Gasteiger partial charge is 0.0613 e. The number of hydrogen-bond acceptors (Lipinski definition) is 3. The fourth-order valence-electron chi connectivity index (χ4n) is 1.88. The largest absolute Gasteiger partial charge is 0.396 e. The van der Waals surface area contributed by atoms with Gasteiger partial charge in [0.15, 0.2) is 0 Å². The molecule has 1 rings (SSSR count). The number of hydrogen-bond donors (Lipinski definition) is 3. The predicted octanol–water partition coefficient (Wildman–Crippen LogP) is 0.263. The summed E-state index contributed by atoms with van der Waals surface area (Å²) in [4.78, 5) is 0. The van der Waals surface area contributed by atoms with Crippen molar-refractivity contribution >= 4 is 0 Å². The first-order valence-corrected chi connectivity index (χ1v) is 4.80. The fourth-order valence-corrected chi connectivity index (χ4v) is 1.88. The van der Waals surface area contributed by atoms with Crippen LogP contribution >= 0.6 is 0 Å². The van der Waals surface area contributed by atoms with Gasteiger partial charge in [-0.15, -0.1) is 0 Å². The third-order valence-corrected chi connectivity index (χ3v) is 2.70. The van der Waals surface area contributed by atoms with E-state index in [0.29, 0.717) is 0 Å². The Hall–Kier alpha value is -0.120. The summed E-state index contributed by atoms with van der Waals surface area (Å²) in [5, 5.41) is 21.1. The minimum absolute atomic E-state index is 0.0187. The van der Waals surface area contributed by atoms with Crippen LogP contribution in [0.2, 0.25) is 0 Å². The molecule has 1 aliphatic carbocycles. The predicted molar refractivity (Wildman–Crippen MR) is 48.0 cm³/mol. The summed E-state index contributed by atoms with van der Waals surface area (Å²) in [7, 11) is 0. The standard InChI is InChI=1S/C9H19NO2/c11-7-3-6-10-9(8-12)4-1-2-5-9/h10-12H,1-8H2. The van der Waals surface area contributed by atoms with Gasteiger partial charge in [0.2, 0.25) is 0 Å². The first kappa shape index (κ1) is 9.96. The Morgan fingerprint density at radius 2 is 1.83 bits per heavy atom. The van der Waals surface area contributed by atoms with Crippen molar-refractivity contribution in [3.8, 4) is 0 Å². The number of aliphatic hydroxyl groups excluding tert-OH is 2. The van der Waals surface area contributed by atoms with E-state index in [1.54, 1.807) is 0 Å². The second-order valence-electron chi connectivity index (χ2n) is 3.65. The van der Waals surface area contributed by atoms with Crippen molar-refractivity contribution in [2.45, 2.75) is 37.6 Å². The molecule has 0 aromatic rings. The van der Waals surface area contributed by atoms with Gasteiger partial charge in [-0.25, -0.2) is 0 Å². The molecule has 1 fully saturated rings. The van der Waals surface area contributed by atoms with E-state index >= 15 is 0 Å². The average molecular weight is 173 g/mol. The highest BCUT2D eigenvalue weighted by Crippen LogP contribution is 2.28. The van der Waals surface area contributed by atoms with Gasteiger partial charge < -0.3 is 15.5 Å². The van der Waals surface area contributed by atoms with Crippen molar-refractivity contribution in [2.75, 3.05) is 19.8 Å². The van der Waals surface area contributed by atoms with Gasteiger partial charge in [0.1, 0.15) is 0 Å². The van der Waals surface area contributed by atoms with E-state index in [0.717, 1.165) is 25.8 Å². The van der Waals surface area contributed by atoms with Crippen LogP contribution in [0.15, 0.2) is 0 Å². The Kier molecular flexibility index (Phi) is 3.98. The molecule has 0 heterocycles. The molecule has 0 aromatic heterocycles. The zero-order chi connectivity index (χ0) is 8.86. The average Bonchev–Trinajstić information content (AvgIpc) is 2.55. The van der Waals surface area contributed by atoms with Crippen LogP contribution in [0.25, 0.3) is 0 Å². The van der Waals surface area contributed by atoms with Gasteiger partial charge in [-0.2, -0.15) is 0 Å². The lowest BCUT2D eigenvalue weighted by atomic mass is 9.99. The van der Waals surface area contributed by atoms with Crippen molar-refractivity contribution in [3.05, 3.63) is 0 Å². The molecule has 0 amide bonds. The Bertz CT molecular complexity index is 122. The first-order chi connectivity index (χ1) is 5.83. The summed E-state index contributed by atoms with van der Waals surface area (Å²) in [6.07, 6.45) is 5.37. The lowest BCUT2D eigenvalue weighted by Gasteiger charge is -2.27. The Morgan fingerprint density at radius 1 is 1.17 bits per heavy atom. The number of nitrogens with one attached hydrogen (secondary N) is 1. The van der Waals surface area contributed by atoms with Crippen LogP contribution in [0, 0.1) is 0 Å². The molecule has 3 heteroatoms. The third kappa shape index (κ3) is 2.44. The Morgan fingerprint density at radius 3 is 2.33 bits per heavy atom. The zero-order valence-corrected chi connectivity index (χ0v) is 7.55. The molecular weight excluding hydrogens is 154 g/mol. The molecule has 3 nitrogen and oxygen atoms in total. The molecule has 0 unspecified atom stereocenters. The maximum absolute atomic E-state index is 9.19. The molecule has 0 spiro atoms. The molecule has 0 atom stereocenters. The van der Waals surface area contributed by atoms with E-state index in [2.05, 4.69) is 5.32 Å². The molecule has 1 saturated carbocycles. The van der Waals surface area contributed by atoms with Gasteiger partial charge in [-0.05, 0) is 25.8 Å². The van der Waals surface area contributed by atoms with E-state index in [1.165, 1.54) is 12.8 Å². The summed E-state index contributed by atoms with van der Waals surface area (Å²) < 4.78 is 0. The SMILES string of the molecule is OCCCNC1(CO)CCCC1. The molecular formula is C9H19NO2. The summed E-state index contributed by atoms with van der Waals surface area (Å²) in [5.41, 5.74) is -0.0187. The summed E-state index contributed by atoms with van der Waals surface area (Å²) in [5.74, 6) is 0. The third-order valence-electron chi connectivity index (χ3n) is 2.70. The van der Waals surface area contributed by atoms with E-state index < -0.39 is 0 Å². The van der Waals surface area contributed by atoms with Gasteiger partial charge in [-0.3, -0.25) is 0 Å². The van der Waals surface area contributed by atoms with E-state index in [1.807, 2.05) is 0 Å². The molecule has 0 bridgehead atoms. The molecule has 0 aliphatic heterocycles. The van der Waals surface area contributed by atoms with E-state index in [4.69, 9.17) is 5.11 Å². The van der Waals surface area contributed by atoms with Gasteiger partial charge in [0.05, 0.1) is 6.61 Å². The molecule has 72 valence electrons. The molecule has 0 saturated heterocycles. The fraction of sp³-hybridized carbons (Fsp3) is 1.00. The Labute approximate surface area is 73.8 Å². The van der Waals surface area contributed by atoms with Crippen molar-refractivity contribution < 1.29 is 10.2 Å². The lowest BCUT2D eigenvalue weighted by Crippen LogP contribution is -2.46. The monoisotopic (exact) mass is 173 g/mol. The van der Waals surface area contributed by atoms with Gasteiger partial charge in [0.25, 0.3) is 0 Å². The minimum Gasteiger partial charge on any atom is -0.396 e. The van der Waals surface area contributed by atoms with Crippen LogP contribution in [0.3, 0.4) is 0 Å². The second-order valence-corrected chi connectivity index (χ2v) is 3.65. The van der Waals surface area contributed by atoms with Gasteiger partial charge >= 0.3 is 0 Å². The quantitative estimate of drug-likeness (QED) is 0.523. The number of aliphatic hydroxyl groups is 2. The van der Waals surface area contributed by atoms with Crippen LogP contribution in [0.1, 0.15) is 32.1 Å². The van der Waals surface area contributed by atoms with Crippen LogP contribution in [-0.4, -0.2) is 35.5 Å². The maximum atomic E-state index is 9.19. The molecule has 0 radical (unpaired) electrons. The van der Waals surface area contributed by atoms with Crippen molar-refractivity contribution in [1.82, 2.24) is 5.32 Å². The van der Waals surface area contributed by atoms with Crippen LogP contribution in [-0.2, 0) is 0 Å².